The van der Waals surface area contributed by atoms with Crippen molar-refractivity contribution in [2.75, 3.05) is 26.2 Å². The summed E-state index contributed by atoms with van der Waals surface area (Å²) in [5, 5.41) is 2.96. The van der Waals surface area contributed by atoms with E-state index in [0.717, 1.165) is 32.0 Å². The van der Waals surface area contributed by atoms with Crippen LogP contribution < -0.4 is 5.32 Å². The maximum atomic E-state index is 12.5. The Morgan fingerprint density at radius 2 is 2.08 bits per heavy atom. The van der Waals surface area contributed by atoms with E-state index in [4.69, 9.17) is 4.74 Å². The third kappa shape index (κ3) is 5.34. The van der Waals surface area contributed by atoms with E-state index in [1.807, 2.05) is 13.8 Å². The highest BCUT2D eigenvalue weighted by atomic mass is 16.5. The minimum atomic E-state index is -0.385. The van der Waals surface area contributed by atoms with Gasteiger partial charge in [-0.1, -0.05) is 6.92 Å². The van der Waals surface area contributed by atoms with Gasteiger partial charge in [0.25, 0.3) is 5.91 Å². The summed E-state index contributed by atoms with van der Waals surface area (Å²) in [5.74, 6) is 0.220. The van der Waals surface area contributed by atoms with Gasteiger partial charge in [-0.15, -0.1) is 0 Å². The number of carbonyl (C=O) groups is 2. The smallest absolute Gasteiger partial charge is 0.340 e. The van der Waals surface area contributed by atoms with Gasteiger partial charge < -0.3 is 19.9 Å². The number of piperidine rings is 1. The number of H-pyrrole nitrogens is 1. The monoisotopic (exact) mass is 363 g/mol. The number of hydrogen-bond acceptors (Lipinski definition) is 4. The molecule has 0 bridgehead atoms. The highest BCUT2D eigenvalue weighted by Gasteiger charge is 2.23. The molecule has 146 valence electrons. The molecule has 1 amide bonds. The Kier molecular flexibility index (Phi) is 7.26. The van der Waals surface area contributed by atoms with E-state index in [1.54, 1.807) is 13.8 Å². The first-order valence-electron chi connectivity index (χ1n) is 9.70. The summed E-state index contributed by atoms with van der Waals surface area (Å²) in [7, 11) is 0. The van der Waals surface area contributed by atoms with Crippen LogP contribution in [0.3, 0.4) is 0 Å². The van der Waals surface area contributed by atoms with Gasteiger partial charge in [-0.2, -0.15) is 0 Å². The molecule has 1 unspecified atom stereocenters. The number of nitrogens with one attached hydrogen (secondary N) is 2. The Labute approximate surface area is 156 Å². The molecule has 1 aromatic heterocycles. The molecular formula is C20H33N3O3. The molecule has 0 aromatic carbocycles. The molecule has 0 aliphatic carbocycles. The Bertz CT molecular complexity index is 636. The van der Waals surface area contributed by atoms with Crippen molar-refractivity contribution in [3.8, 4) is 0 Å². The second-order valence-corrected chi connectivity index (χ2v) is 7.74. The zero-order valence-corrected chi connectivity index (χ0v) is 16.8. The third-order valence-corrected chi connectivity index (χ3v) is 4.89. The van der Waals surface area contributed by atoms with Gasteiger partial charge in [0.1, 0.15) is 5.69 Å². The van der Waals surface area contributed by atoms with Crippen molar-refractivity contribution >= 4 is 11.9 Å². The predicted molar refractivity (Wildman–Crippen MR) is 103 cm³/mol. The lowest BCUT2D eigenvalue weighted by Crippen LogP contribution is -2.36. The lowest BCUT2D eigenvalue weighted by atomic mass is 10.0. The fourth-order valence-electron chi connectivity index (χ4n) is 3.64. The molecule has 2 N–H and O–H groups in total. The van der Waals surface area contributed by atoms with Crippen LogP contribution >= 0.6 is 0 Å². The van der Waals surface area contributed by atoms with Crippen LogP contribution in [0.5, 0.6) is 0 Å². The Hall–Kier alpha value is -1.82. The van der Waals surface area contributed by atoms with Gasteiger partial charge in [0.05, 0.1) is 11.7 Å². The lowest BCUT2D eigenvalue weighted by molar-refractivity contribution is 0.0376. The predicted octanol–water partition coefficient (Wildman–Crippen LogP) is 3.05. The molecule has 0 spiro atoms. The highest BCUT2D eigenvalue weighted by molar-refractivity contribution is 6.00. The minimum absolute atomic E-state index is 0.166. The molecule has 6 heteroatoms. The first-order chi connectivity index (χ1) is 12.3. The van der Waals surface area contributed by atoms with E-state index in [-0.39, 0.29) is 18.0 Å². The van der Waals surface area contributed by atoms with E-state index >= 15 is 0 Å². The number of hydrogen-bond donors (Lipinski definition) is 2. The molecule has 1 aliphatic rings. The van der Waals surface area contributed by atoms with E-state index in [2.05, 4.69) is 22.1 Å². The maximum absolute atomic E-state index is 12.5. The fraction of sp³-hybridized carbons (Fsp3) is 0.700. The summed E-state index contributed by atoms with van der Waals surface area (Å²) in [6, 6.07) is 0. The van der Waals surface area contributed by atoms with Crippen LogP contribution in [-0.2, 0) is 4.74 Å². The first kappa shape index (κ1) is 20.5. The number of likely N-dealkylation sites (tertiary alicyclic amines) is 1. The number of ether oxygens (including phenoxy) is 1. The molecule has 1 saturated heterocycles. The van der Waals surface area contributed by atoms with Gasteiger partial charge >= 0.3 is 5.97 Å². The van der Waals surface area contributed by atoms with Gasteiger partial charge in [-0.05, 0) is 71.5 Å². The van der Waals surface area contributed by atoms with Crippen molar-refractivity contribution < 1.29 is 14.3 Å². The van der Waals surface area contributed by atoms with Gasteiger partial charge in [0, 0.05) is 18.8 Å². The van der Waals surface area contributed by atoms with Crippen LogP contribution in [0.4, 0.5) is 0 Å². The summed E-state index contributed by atoms with van der Waals surface area (Å²) in [6.45, 7) is 13.5. The number of aromatic nitrogens is 1. The van der Waals surface area contributed by atoms with Crippen molar-refractivity contribution in [1.29, 1.82) is 0 Å². The number of aromatic amines is 1. The van der Waals surface area contributed by atoms with Crippen molar-refractivity contribution in [1.82, 2.24) is 15.2 Å². The first-order valence-corrected chi connectivity index (χ1v) is 9.70. The van der Waals surface area contributed by atoms with Crippen molar-refractivity contribution in [3.05, 3.63) is 22.5 Å². The van der Waals surface area contributed by atoms with Gasteiger partial charge in [-0.25, -0.2) is 4.79 Å². The van der Waals surface area contributed by atoms with Crippen LogP contribution in [0.2, 0.25) is 0 Å². The summed E-state index contributed by atoms with van der Waals surface area (Å²) in [4.78, 5) is 30.2. The quantitative estimate of drug-likeness (QED) is 0.577. The van der Waals surface area contributed by atoms with Crippen LogP contribution in [0.15, 0.2) is 0 Å². The standard InChI is InChI=1S/C20H33N3O3/c1-13(2)26-20(25)17-15(4)18(22-16(17)5)19(24)21-9-7-11-23-10-6-8-14(3)12-23/h13-14,22H,6-12H2,1-5H3,(H,21,24). The number of rotatable bonds is 7. The molecule has 26 heavy (non-hydrogen) atoms. The van der Waals surface area contributed by atoms with E-state index in [0.29, 0.717) is 29.1 Å². The summed E-state index contributed by atoms with van der Waals surface area (Å²) >= 11 is 0. The SMILES string of the molecule is Cc1[nH]c(C(=O)NCCCN2CCCC(C)C2)c(C)c1C(=O)OC(C)C. The average molecular weight is 364 g/mol. The molecule has 2 rings (SSSR count). The number of aryl methyl sites for hydroxylation is 1. The molecule has 1 aliphatic heterocycles. The molecule has 2 heterocycles. The molecule has 1 atom stereocenters. The second kappa shape index (κ2) is 9.21. The molecule has 0 saturated carbocycles. The zero-order valence-electron chi connectivity index (χ0n) is 16.8. The Morgan fingerprint density at radius 3 is 2.73 bits per heavy atom. The minimum Gasteiger partial charge on any atom is -0.459 e. The topological polar surface area (TPSA) is 74.4 Å². The maximum Gasteiger partial charge on any atom is 0.340 e. The van der Waals surface area contributed by atoms with E-state index in [1.165, 1.54) is 12.8 Å². The molecule has 6 nitrogen and oxygen atoms in total. The number of esters is 1. The van der Waals surface area contributed by atoms with Gasteiger partial charge in [0.2, 0.25) is 0 Å². The lowest BCUT2D eigenvalue weighted by Gasteiger charge is -2.30. The van der Waals surface area contributed by atoms with Crippen molar-refractivity contribution in [2.45, 2.75) is 60.0 Å². The summed E-state index contributed by atoms with van der Waals surface area (Å²) < 4.78 is 5.27. The largest absolute Gasteiger partial charge is 0.459 e. The number of nitrogens with zero attached hydrogens (tertiary/aromatic N) is 1. The van der Waals surface area contributed by atoms with Crippen molar-refractivity contribution in [3.63, 3.8) is 0 Å². The Morgan fingerprint density at radius 1 is 1.35 bits per heavy atom. The molecule has 1 aromatic rings. The molecule has 0 radical (unpaired) electrons. The van der Waals surface area contributed by atoms with Crippen LogP contribution in [0.1, 0.15) is 72.1 Å². The molecular weight excluding hydrogens is 330 g/mol. The summed E-state index contributed by atoms with van der Waals surface area (Å²) in [6.07, 6.45) is 3.33. The zero-order chi connectivity index (χ0) is 19.3. The molecule has 1 fully saturated rings. The van der Waals surface area contributed by atoms with Gasteiger partial charge in [-0.3, -0.25) is 4.79 Å². The second-order valence-electron chi connectivity index (χ2n) is 7.74. The van der Waals surface area contributed by atoms with Crippen LogP contribution in [0.25, 0.3) is 0 Å². The van der Waals surface area contributed by atoms with Gasteiger partial charge in [0.15, 0.2) is 0 Å². The van der Waals surface area contributed by atoms with Crippen LogP contribution in [0, 0.1) is 19.8 Å². The summed E-state index contributed by atoms with van der Waals surface area (Å²) in [5.41, 5.74) is 2.23. The fourth-order valence-corrected chi connectivity index (χ4v) is 3.64. The number of amides is 1. The number of carbonyl (C=O) groups excluding carboxylic acids is 2. The average Bonchev–Trinajstić information content (AvgIpc) is 2.85. The van der Waals surface area contributed by atoms with Crippen molar-refractivity contribution in [2.24, 2.45) is 5.92 Å². The highest BCUT2D eigenvalue weighted by Crippen LogP contribution is 2.20. The normalized spacial score (nSPS) is 18.2. The van der Waals surface area contributed by atoms with E-state index in [9.17, 15) is 9.59 Å². The van der Waals surface area contributed by atoms with Crippen LogP contribution in [-0.4, -0.2) is 54.0 Å². The Balaban J connectivity index is 1.86. The van der Waals surface area contributed by atoms with E-state index < -0.39 is 0 Å². The third-order valence-electron chi connectivity index (χ3n) is 4.89.